The summed E-state index contributed by atoms with van der Waals surface area (Å²) in [7, 11) is 0. The van der Waals surface area contributed by atoms with E-state index >= 15 is 0 Å². The minimum Gasteiger partial charge on any atom is -0.300 e. The van der Waals surface area contributed by atoms with Crippen molar-refractivity contribution in [3.05, 3.63) is 23.8 Å². The first-order valence-corrected chi connectivity index (χ1v) is 10.8. The molecule has 0 amide bonds. The largest absolute Gasteiger partial charge is 0.300 e. The standard InChI is InChI=1S/C24H32O2/c1-14(25)8-10-23(2)21-13-20(21)22-19-6-4-15-12-16(26)5-7-17(15)18(19)9-11-24(22,23)3/h4,6,12,17-22H,5,7-11,13H2,1-3H3/t17?,18?,19?,20?,21?,22?,23?,24-/m0/s1. The first-order chi connectivity index (χ1) is 12.3. The second-order valence-corrected chi connectivity index (χ2v) is 10.5. The molecule has 8 atom stereocenters. The second-order valence-electron chi connectivity index (χ2n) is 10.5. The third kappa shape index (κ3) is 2.11. The SMILES string of the molecule is CC(=O)CCC1(C)C2CC2C2C3C=CC4=CC(=O)CCC4C3CC[C@@]21C. The van der Waals surface area contributed by atoms with Gasteiger partial charge in [0.25, 0.3) is 0 Å². The van der Waals surface area contributed by atoms with Crippen LogP contribution < -0.4 is 0 Å². The summed E-state index contributed by atoms with van der Waals surface area (Å²) in [5.41, 5.74) is 2.04. The number of carbonyl (C=O) groups excluding carboxylic acids is 2. The molecule has 0 bridgehead atoms. The van der Waals surface area contributed by atoms with Gasteiger partial charge in [0.15, 0.2) is 5.78 Å². The molecular formula is C24H32O2. The maximum absolute atomic E-state index is 11.8. The highest BCUT2D eigenvalue weighted by atomic mass is 16.1. The van der Waals surface area contributed by atoms with Crippen LogP contribution in [-0.4, -0.2) is 11.6 Å². The fraction of sp³-hybridized carbons (Fsp3) is 0.750. The van der Waals surface area contributed by atoms with Gasteiger partial charge in [0.05, 0.1) is 0 Å². The van der Waals surface area contributed by atoms with Crippen molar-refractivity contribution >= 4 is 11.6 Å². The first-order valence-electron chi connectivity index (χ1n) is 10.8. The van der Waals surface area contributed by atoms with E-state index in [1.54, 1.807) is 6.92 Å². The molecule has 0 radical (unpaired) electrons. The molecule has 0 N–H and O–H groups in total. The van der Waals surface area contributed by atoms with Crippen LogP contribution in [0.25, 0.3) is 0 Å². The number of carbonyl (C=O) groups is 2. The average molecular weight is 353 g/mol. The Morgan fingerprint density at radius 3 is 2.81 bits per heavy atom. The Labute approximate surface area is 157 Å². The van der Waals surface area contributed by atoms with Gasteiger partial charge >= 0.3 is 0 Å². The Morgan fingerprint density at radius 2 is 2.04 bits per heavy atom. The van der Waals surface area contributed by atoms with Crippen molar-refractivity contribution in [2.24, 2.45) is 46.3 Å². The molecule has 0 aromatic carbocycles. The van der Waals surface area contributed by atoms with Crippen molar-refractivity contribution in [2.75, 3.05) is 0 Å². The Balaban J connectivity index is 1.48. The van der Waals surface area contributed by atoms with E-state index in [0.717, 1.165) is 49.4 Å². The summed E-state index contributed by atoms with van der Waals surface area (Å²) in [6, 6.07) is 0. The third-order valence-electron chi connectivity index (χ3n) is 9.55. The van der Waals surface area contributed by atoms with Gasteiger partial charge in [-0.25, -0.2) is 0 Å². The van der Waals surface area contributed by atoms with E-state index in [9.17, 15) is 9.59 Å². The van der Waals surface area contributed by atoms with Crippen molar-refractivity contribution < 1.29 is 9.59 Å². The summed E-state index contributed by atoms with van der Waals surface area (Å²) < 4.78 is 0. The molecule has 3 saturated carbocycles. The van der Waals surface area contributed by atoms with Crippen LogP contribution in [-0.2, 0) is 9.59 Å². The van der Waals surface area contributed by atoms with Gasteiger partial charge in [0.2, 0.25) is 0 Å². The average Bonchev–Trinajstić information content (AvgIpc) is 3.36. The van der Waals surface area contributed by atoms with Crippen LogP contribution in [0.15, 0.2) is 23.8 Å². The Morgan fingerprint density at radius 1 is 1.23 bits per heavy atom. The number of Topliss-reactive ketones (excluding diaryl/α,β-unsaturated/α-hetero) is 1. The maximum Gasteiger partial charge on any atom is 0.155 e. The zero-order valence-electron chi connectivity index (χ0n) is 16.5. The molecule has 0 aliphatic heterocycles. The minimum absolute atomic E-state index is 0.319. The molecule has 0 heterocycles. The molecule has 0 saturated heterocycles. The highest BCUT2D eigenvalue weighted by Gasteiger charge is 2.73. The molecule has 5 aliphatic rings. The topological polar surface area (TPSA) is 34.1 Å². The number of fused-ring (bicyclic) bond motifs is 7. The molecule has 2 nitrogen and oxygen atoms in total. The number of ketones is 2. The van der Waals surface area contributed by atoms with Crippen LogP contribution in [0.5, 0.6) is 0 Å². The molecule has 7 unspecified atom stereocenters. The molecule has 5 aliphatic carbocycles. The van der Waals surface area contributed by atoms with Crippen LogP contribution in [0.3, 0.4) is 0 Å². The van der Waals surface area contributed by atoms with Crippen LogP contribution in [0.4, 0.5) is 0 Å². The van der Waals surface area contributed by atoms with Gasteiger partial charge in [-0.3, -0.25) is 4.79 Å². The summed E-state index contributed by atoms with van der Waals surface area (Å²) in [4.78, 5) is 23.5. The smallest absolute Gasteiger partial charge is 0.155 e. The van der Waals surface area contributed by atoms with Crippen molar-refractivity contribution in [2.45, 2.75) is 65.7 Å². The quantitative estimate of drug-likeness (QED) is 0.705. The van der Waals surface area contributed by atoms with Gasteiger partial charge in [-0.1, -0.05) is 26.0 Å². The molecular weight excluding hydrogens is 320 g/mol. The summed E-state index contributed by atoms with van der Waals surface area (Å²) in [5.74, 6) is 5.24. The van der Waals surface area contributed by atoms with Crippen molar-refractivity contribution in [3.8, 4) is 0 Å². The molecule has 3 fully saturated rings. The van der Waals surface area contributed by atoms with E-state index in [1.807, 2.05) is 6.08 Å². The summed E-state index contributed by atoms with van der Waals surface area (Å²) in [6.07, 6.45) is 14.4. The van der Waals surface area contributed by atoms with E-state index < -0.39 is 0 Å². The van der Waals surface area contributed by atoms with E-state index in [4.69, 9.17) is 0 Å². The molecule has 140 valence electrons. The summed E-state index contributed by atoms with van der Waals surface area (Å²) >= 11 is 0. The van der Waals surface area contributed by atoms with E-state index in [2.05, 4.69) is 26.0 Å². The molecule has 2 heteroatoms. The number of hydrogen-bond donors (Lipinski definition) is 0. The van der Waals surface area contributed by atoms with Crippen LogP contribution >= 0.6 is 0 Å². The molecule has 0 aromatic heterocycles. The van der Waals surface area contributed by atoms with Crippen molar-refractivity contribution in [3.63, 3.8) is 0 Å². The van der Waals surface area contributed by atoms with Crippen LogP contribution in [0.1, 0.15) is 65.7 Å². The fourth-order valence-corrected chi connectivity index (χ4v) is 8.03. The molecule has 0 spiro atoms. The van der Waals surface area contributed by atoms with Crippen molar-refractivity contribution in [1.29, 1.82) is 0 Å². The molecule has 0 aromatic rings. The van der Waals surface area contributed by atoms with Gasteiger partial charge in [-0.05, 0) is 97.0 Å². The van der Waals surface area contributed by atoms with E-state index in [1.165, 1.54) is 24.8 Å². The lowest BCUT2D eigenvalue weighted by atomic mass is 9.48. The zero-order valence-corrected chi connectivity index (χ0v) is 16.5. The van der Waals surface area contributed by atoms with Gasteiger partial charge in [-0.15, -0.1) is 0 Å². The van der Waals surface area contributed by atoms with Crippen molar-refractivity contribution in [1.82, 2.24) is 0 Å². The predicted octanol–water partition coefficient (Wildman–Crippen LogP) is 5.14. The highest BCUT2D eigenvalue weighted by molar-refractivity contribution is 5.92. The lowest BCUT2D eigenvalue weighted by Crippen LogP contribution is -2.50. The fourth-order valence-electron chi connectivity index (χ4n) is 8.03. The number of allylic oxidation sites excluding steroid dienone is 4. The second kappa shape index (κ2) is 5.42. The Bertz CT molecular complexity index is 730. The van der Waals surface area contributed by atoms with E-state index in [-0.39, 0.29) is 0 Å². The zero-order chi connectivity index (χ0) is 18.3. The van der Waals surface area contributed by atoms with Gasteiger partial charge in [0.1, 0.15) is 5.78 Å². The lowest BCUT2D eigenvalue weighted by molar-refractivity contribution is -0.119. The number of hydrogen-bond acceptors (Lipinski definition) is 2. The van der Waals surface area contributed by atoms with E-state index in [0.29, 0.717) is 34.2 Å². The predicted molar refractivity (Wildman–Crippen MR) is 102 cm³/mol. The Hall–Kier alpha value is -1.18. The van der Waals surface area contributed by atoms with Crippen LogP contribution in [0.2, 0.25) is 0 Å². The third-order valence-corrected chi connectivity index (χ3v) is 9.55. The van der Waals surface area contributed by atoms with Gasteiger partial charge in [-0.2, -0.15) is 0 Å². The van der Waals surface area contributed by atoms with Gasteiger partial charge < -0.3 is 4.79 Å². The monoisotopic (exact) mass is 352 g/mol. The molecule has 26 heavy (non-hydrogen) atoms. The maximum atomic E-state index is 11.8. The first kappa shape index (κ1) is 17.0. The summed E-state index contributed by atoms with van der Waals surface area (Å²) in [6.45, 7) is 6.82. The Kier molecular flexibility index (Phi) is 3.54. The highest BCUT2D eigenvalue weighted by Crippen LogP contribution is 2.79. The van der Waals surface area contributed by atoms with Gasteiger partial charge in [0, 0.05) is 12.8 Å². The normalized spacial score (nSPS) is 51.0. The van der Waals surface area contributed by atoms with Crippen LogP contribution in [0, 0.1) is 46.3 Å². The lowest BCUT2D eigenvalue weighted by Gasteiger charge is -2.57. The minimum atomic E-state index is 0.319. The summed E-state index contributed by atoms with van der Waals surface area (Å²) in [5, 5.41) is 0. The molecule has 5 rings (SSSR count). The number of rotatable bonds is 3.